The van der Waals surface area contributed by atoms with Crippen molar-refractivity contribution in [1.29, 1.82) is 0 Å². The second-order valence-corrected chi connectivity index (χ2v) is 6.77. The molecule has 0 bridgehead atoms. The number of aryl methyl sites for hydroxylation is 2. The van der Waals surface area contributed by atoms with Crippen LogP contribution in [-0.2, 0) is 6.54 Å². The van der Waals surface area contributed by atoms with Gasteiger partial charge in [0, 0.05) is 42.3 Å². The topological polar surface area (TPSA) is 69.3 Å². The van der Waals surface area contributed by atoms with Crippen molar-refractivity contribution < 1.29 is 4.74 Å². The van der Waals surface area contributed by atoms with Gasteiger partial charge in [-0.2, -0.15) is 9.61 Å². The van der Waals surface area contributed by atoms with E-state index in [1.54, 1.807) is 13.3 Å². The van der Waals surface area contributed by atoms with Gasteiger partial charge in [0.1, 0.15) is 11.6 Å². The Morgan fingerprint density at radius 2 is 1.96 bits per heavy atom. The molecular formula is C21H24N6O. The molecule has 28 heavy (non-hydrogen) atoms. The molecule has 0 radical (unpaired) electrons. The summed E-state index contributed by atoms with van der Waals surface area (Å²) in [6.07, 6.45) is 8.49. The highest BCUT2D eigenvalue weighted by molar-refractivity contribution is 5.79. The minimum atomic E-state index is 0.834. The Morgan fingerprint density at radius 1 is 1.14 bits per heavy atom. The third kappa shape index (κ3) is 3.43. The molecule has 7 nitrogen and oxygen atoms in total. The van der Waals surface area contributed by atoms with Crippen molar-refractivity contribution in [3.05, 3.63) is 60.4 Å². The van der Waals surface area contributed by atoms with Gasteiger partial charge in [-0.3, -0.25) is 0 Å². The van der Waals surface area contributed by atoms with Crippen molar-refractivity contribution in [2.45, 2.75) is 26.8 Å². The smallest absolute Gasteiger partial charge is 0.165 e. The van der Waals surface area contributed by atoms with Crippen molar-refractivity contribution in [1.82, 2.24) is 24.1 Å². The molecular weight excluding hydrogens is 352 g/mol. The summed E-state index contributed by atoms with van der Waals surface area (Å²) >= 11 is 0. The summed E-state index contributed by atoms with van der Waals surface area (Å²) in [6.45, 7) is 5.89. The monoisotopic (exact) mass is 376 g/mol. The van der Waals surface area contributed by atoms with Crippen LogP contribution in [0, 0.1) is 13.8 Å². The molecule has 0 aliphatic heterocycles. The van der Waals surface area contributed by atoms with E-state index in [0.717, 1.165) is 59.1 Å². The summed E-state index contributed by atoms with van der Waals surface area (Å²) in [4.78, 5) is 8.88. The Bertz CT molecular complexity index is 1070. The minimum absolute atomic E-state index is 0.834. The van der Waals surface area contributed by atoms with Crippen LogP contribution < -0.4 is 10.1 Å². The summed E-state index contributed by atoms with van der Waals surface area (Å²) in [5.74, 6) is 1.83. The Kier molecular flexibility index (Phi) is 4.97. The van der Waals surface area contributed by atoms with Crippen molar-refractivity contribution in [2.75, 3.05) is 19.0 Å². The first kappa shape index (κ1) is 18.0. The molecule has 1 N–H and O–H groups in total. The van der Waals surface area contributed by atoms with Gasteiger partial charge in [0.15, 0.2) is 5.65 Å². The quantitative estimate of drug-likeness (QED) is 0.498. The zero-order valence-corrected chi connectivity index (χ0v) is 16.4. The maximum Gasteiger partial charge on any atom is 0.165 e. The predicted octanol–water partition coefficient (Wildman–Crippen LogP) is 3.72. The first-order chi connectivity index (χ1) is 13.7. The van der Waals surface area contributed by atoms with Crippen LogP contribution in [0.3, 0.4) is 0 Å². The maximum atomic E-state index is 5.26. The standard InChI is InChI=1S/C21H24N6O/c1-15-16(2)25-21-19(17-5-7-18(28-3)8-6-17)13-24-27(21)20(15)23-9-4-11-26-12-10-22-14-26/h5-8,10,12-14,23H,4,9,11H2,1-3H3. The van der Waals surface area contributed by atoms with Gasteiger partial charge < -0.3 is 14.6 Å². The first-order valence-corrected chi connectivity index (χ1v) is 9.36. The van der Waals surface area contributed by atoms with E-state index in [0.29, 0.717) is 0 Å². The SMILES string of the molecule is COc1ccc(-c2cnn3c(NCCCn4ccnc4)c(C)c(C)nc23)cc1. The molecule has 0 aliphatic rings. The fourth-order valence-corrected chi connectivity index (χ4v) is 3.26. The molecule has 0 fully saturated rings. The van der Waals surface area contributed by atoms with E-state index in [1.165, 1.54) is 0 Å². The van der Waals surface area contributed by atoms with E-state index >= 15 is 0 Å². The van der Waals surface area contributed by atoms with Crippen molar-refractivity contribution in [2.24, 2.45) is 0 Å². The lowest BCUT2D eigenvalue weighted by Gasteiger charge is -2.14. The zero-order chi connectivity index (χ0) is 19.5. The number of hydrogen-bond donors (Lipinski definition) is 1. The summed E-state index contributed by atoms with van der Waals surface area (Å²) in [5.41, 5.74) is 5.04. The van der Waals surface area contributed by atoms with Gasteiger partial charge in [-0.05, 0) is 38.0 Å². The Hall–Kier alpha value is -3.35. The Balaban J connectivity index is 1.61. The first-order valence-electron chi connectivity index (χ1n) is 9.36. The molecule has 1 aromatic carbocycles. The Labute approximate surface area is 164 Å². The summed E-state index contributed by atoms with van der Waals surface area (Å²) in [7, 11) is 1.67. The van der Waals surface area contributed by atoms with Crippen LogP contribution >= 0.6 is 0 Å². The molecule has 4 aromatic rings. The number of ether oxygens (including phenoxy) is 1. The van der Waals surface area contributed by atoms with Crippen LogP contribution in [0.2, 0.25) is 0 Å². The highest BCUT2D eigenvalue weighted by atomic mass is 16.5. The number of methoxy groups -OCH3 is 1. The van der Waals surface area contributed by atoms with E-state index in [2.05, 4.69) is 26.9 Å². The molecule has 4 rings (SSSR count). The van der Waals surface area contributed by atoms with Crippen molar-refractivity contribution in [3.8, 4) is 16.9 Å². The Morgan fingerprint density at radius 3 is 2.68 bits per heavy atom. The number of hydrogen-bond acceptors (Lipinski definition) is 5. The summed E-state index contributed by atoms with van der Waals surface area (Å²) in [5, 5.41) is 8.16. The second kappa shape index (κ2) is 7.72. The fourth-order valence-electron chi connectivity index (χ4n) is 3.26. The molecule has 0 saturated heterocycles. The zero-order valence-electron chi connectivity index (χ0n) is 16.4. The van der Waals surface area contributed by atoms with Gasteiger partial charge >= 0.3 is 0 Å². The maximum absolute atomic E-state index is 5.26. The lowest BCUT2D eigenvalue weighted by molar-refractivity contribution is 0.415. The van der Waals surface area contributed by atoms with Crippen molar-refractivity contribution >= 4 is 11.5 Å². The molecule has 3 heterocycles. The van der Waals surface area contributed by atoms with Crippen LogP contribution in [-0.4, -0.2) is 37.8 Å². The van der Waals surface area contributed by atoms with Gasteiger partial charge in [0.05, 0.1) is 19.6 Å². The molecule has 7 heteroatoms. The number of fused-ring (bicyclic) bond motifs is 1. The van der Waals surface area contributed by atoms with E-state index in [1.807, 2.05) is 54.4 Å². The van der Waals surface area contributed by atoms with Crippen LogP contribution in [0.25, 0.3) is 16.8 Å². The van der Waals surface area contributed by atoms with E-state index in [4.69, 9.17) is 9.72 Å². The van der Waals surface area contributed by atoms with Crippen LogP contribution in [0.4, 0.5) is 5.82 Å². The molecule has 0 spiro atoms. The number of nitrogens with one attached hydrogen (secondary N) is 1. The number of rotatable bonds is 7. The normalized spacial score (nSPS) is 11.1. The molecule has 144 valence electrons. The van der Waals surface area contributed by atoms with Gasteiger partial charge in [-0.15, -0.1) is 0 Å². The number of imidazole rings is 1. The lowest BCUT2D eigenvalue weighted by Crippen LogP contribution is -2.12. The van der Waals surface area contributed by atoms with Crippen molar-refractivity contribution in [3.63, 3.8) is 0 Å². The van der Waals surface area contributed by atoms with Gasteiger partial charge in [0.2, 0.25) is 0 Å². The second-order valence-electron chi connectivity index (χ2n) is 6.77. The van der Waals surface area contributed by atoms with Crippen LogP contribution in [0.5, 0.6) is 5.75 Å². The van der Waals surface area contributed by atoms with Gasteiger partial charge in [0.25, 0.3) is 0 Å². The van der Waals surface area contributed by atoms with Gasteiger partial charge in [-0.25, -0.2) is 9.97 Å². The number of nitrogens with zero attached hydrogens (tertiary/aromatic N) is 5. The third-order valence-electron chi connectivity index (χ3n) is 4.97. The molecule has 0 unspecified atom stereocenters. The van der Waals surface area contributed by atoms with E-state index < -0.39 is 0 Å². The van der Waals surface area contributed by atoms with Crippen LogP contribution in [0.1, 0.15) is 17.7 Å². The molecule has 0 saturated carbocycles. The lowest BCUT2D eigenvalue weighted by atomic mass is 10.1. The predicted molar refractivity (Wildman–Crippen MR) is 110 cm³/mol. The van der Waals surface area contributed by atoms with Crippen LogP contribution in [0.15, 0.2) is 49.2 Å². The molecule has 3 aromatic heterocycles. The summed E-state index contributed by atoms with van der Waals surface area (Å²) < 4.78 is 9.24. The fraction of sp³-hybridized carbons (Fsp3) is 0.286. The highest BCUT2D eigenvalue weighted by Crippen LogP contribution is 2.29. The van der Waals surface area contributed by atoms with E-state index in [9.17, 15) is 0 Å². The minimum Gasteiger partial charge on any atom is -0.497 e. The third-order valence-corrected chi connectivity index (χ3v) is 4.97. The highest BCUT2D eigenvalue weighted by Gasteiger charge is 2.15. The number of benzene rings is 1. The van der Waals surface area contributed by atoms with E-state index in [-0.39, 0.29) is 0 Å². The molecule has 0 atom stereocenters. The summed E-state index contributed by atoms with van der Waals surface area (Å²) in [6, 6.07) is 7.97. The number of anilines is 1. The largest absolute Gasteiger partial charge is 0.497 e. The average molecular weight is 376 g/mol. The molecule has 0 aliphatic carbocycles. The average Bonchev–Trinajstić information content (AvgIpc) is 3.38. The number of aromatic nitrogens is 5. The molecule has 0 amide bonds. The van der Waals surface area contributed by atoms with Gasteiger partial charge in [-0.1, -0.05) is 12.1 Å².